The van der Waals surface area contributed by atoms with Crippen LogP contribution in [0, 0.1) is 27.2 Å². The first kappa shape index (κ1) is 16.0. The van der Waals surface area contributed by atoms with Gasteiger partial charge in [-0.1, -0.05) is 20.8 Å². The maximum Gasteiger partial charge on any atom is 0.296 e. The third kappa shape index (κ3) is 3.27. The van der Waals surface area contributed by atoms with E-state index in [9.17, 15) is 23.7 Å². The molecule has 1 aromatic rings. The fourth-order valence-corrected chi connectivity index (χ4v) is 1.41. The van der Waals surface area contributed by atoms with Gasteiger partial charge in [0.15, 0.2) is 17.3 Å². The first-order valence-electron chi connectivity index (χ1n) is 5.74. The van der Waals surface area contributed by atoms with Crippen LogP contribution < -0.4 is 11.1 Å². The van der Waals surface area contributed by atoms with Gasteiger partial charge in [0.05, 0.1) is 11.0 Å². The number of benzene rings is 1. The number of anilines is 1. The molecule has 0 radical (unpaired) electrons. The standard InChI is InChI=1S/C12H15F2N3O3/c1-12(2,3)10(15)11(18)16-9-7(17(19)20)5-4-6(13)8(9)14/h4-5,10H,15H2,1-3H3,(H,16,18)/t10-/m0/s1. The second kappa shape index (κ2) is 5.49. The van der Waals surface area contributed by atoms with E-state index in [0.717, 1.165) is 6.07 Å². The first-order chi connectivity index (χ1) is 9.05. The highest BCUT2D eigenvalue weighted by atomic mass is 19.2. The first-order valence-corrected chi connectivity index (χ1v) is 5.74. The zero-order valence-electron chi connectivity index (χ0n) is 11.2. The molecule has 8 heteroatoms. The van der Waals surface area contributed by atoms with Gasteiger partial charge >= 0.3 is 0 Å². The van der Waals surface area contributed by atoms with Gasteiger partial charge in [-0.15, -0.1) is 0 Å². The van der Waals surface area contributed by atoms with E-state index >= 15 is 0 Å². The van der Waals surface area contributed by atoms with Crippen molar-refractivity contribution < 1.29 is 18.5 Å². The van der Waals surface area contributed by atoms with Gasteiger partial charge in [0.1, 0.15) is 0 Å². The zero-order valence-corrected chi connectivity index (χ0v) is 11.2. The summed E-state index contributed by atoms with van der Waals surface area (Å²) in [6.45, 7) is 5.02. The van der Waals surface area contributed by atoms with Crippen LogP contribution in [0.5, 0.6) is 0 Å². The number of carbonyl (C=O) groups is 1. The molecule has 20 heavy (non-hydrogen) atoms. The fraction of sp³-hybridized carbons (Fsp3) is 0.417. The molecule has 6 nitrogen and oxygen atoms in total. The van der Waals surface area contributed by atoms with Gasteiger partial charge < -0.3 is 11.1 Å². The third-order valence-corrected chi connectivity index (χ3v) is 2.73. The zero-order chi connectivity index (χ0) is 15.7. The van der Waals surface area contributed by atoms with Crippen molar-refractivity contribution in [1.82, 2.24) is 0 Å². The second-order valence-corrected chi connectivity index (χ2v) is 5.35. The van der Waals surface area contributed by atoms with Crippen LogP contribution in [0.2, 0.25) is 0 Å². The normalized spacial score (nSPS) is 12.9. The van der Waals surface area contributed by atoms with Gasteiger partial charge in [0, 0.05) is 6.07 Å². The molecule has 0 saturated carbocycles. The van der Waals surface area contributed by atoms with Crippen molar-refractivity contribution in [2.24, 2.45) is 11.1 Å². The number of hydrogen-bond acceptors (Lipinski definition) is 4. The highest BCUT2D eigenvalue weighted by Crippen LogP contribution is 2.30. The van der Waals surface area contributed by atoms with E-state index in [1.54, 1.807) is 20.8 Å². The van der Waals surface area contributed by atoms with Gasteiger partial charge in [0.25, 0.3) is 5.69 Å². The highest BCUT2D eigenvalue weighted by Gasteiger charge is 2.30. The largest absolute Gasteiger partial charge is 0.319 e. The number of nitrogens with zero attached hydrogens (tertiary/aromatic N) is 1. The number of rotatable bonds is 3. The number of nitrogens with two attached hydrogens (primary N) is 1. The quantitative estimate of drug-likeness (QED) is 0.657. The van der Waals surface area contributed by atoms with Crippen LogP contribution in [0.25, 0.3) is 0 Å². The number of nitrogens with one attached hydrogen (secondary N) is 1. The monoisotopic (exact) mass is 287 g/mol. The molecule has 0 aromatic heterocycles. The number of nitro groups is 1. The summed E-state index contributed by atoms with van der Waals surface area (Å²) in [6, 6.07) is 0.355. The van der Waals surface area contributed by atoms with Crippen molar-refractivity contribution >= 4 is 17.3 Å². The molecule has 0 bridgehead atoms. The summed E-state index contributed by atoms with van der Waals surface area (Å²) in [6.07, 6.45) is 0. The van der Waals surface area contributed by atoms with Crippen LogP contribution in [0.15, 0.2) is 12.1 Å². The van der Waals surface area contributed by atoms with Crippen molar-refractivity contribution in [2.45, 2.75) is 26.8 Å². The molecule has 0 saturated heterocycles. The molecule has 1 amide bonds. The maximum absolute atomic E-state index is 13.6. The number of amides is 1. The predicted molar refractivity (Wildman–Crippen MR) is 69.1 cm³/mol. The number of nitro benzene ring substituents is 1. The van der Waals surface area contributed by atoms with E-state index in [0.29, 0.717) is 6.07 Å². The van der Waals surface area contributed by atoms with Gasteiger partial charge in [-0.2, -0.15) is 0 Å². The lowest BCUT2D eigenvalue weighted by atomic mass is 9.87. The lowest BCUT2D eigenvalue weighted by Gasteiger charge is -2.25. The van der Waals surface area contributed by atoms with Crippen molar-refractivity contribution in [2.75, 3.05) is 5.32 Å². The Balaban J connectivity index is 3.18. The molecule has 0 fully saturated rings. The Morgan fingerprint density at radius 1 is 1.40 bits per heavy atom. The van der Waals surface area contributed by atoms with E-state index in [1.807, 2.05) is 5.32 Å². The highest BCUT2D eigenvalue weighted by molar-refractivity contribution is 5.97. The fourth-order valence-electron chi connectivity index (χ4n) is 1.41. The van der Waals surface area contributed by atoms with Crippen molar-refractivity contribution in [1.29, 1.82) is 0 Å². The topological polar surface area (TPSA) is 98.3 Å². The average Bonchev–Trinajstić information content (AvgIpc) is 2.32. The van der Waals surface area contributed by atoms with Gasteiger partial charge in [-0.3, -0.25) is 14.9 Å². The van der Waals surface area contributed by atoms with Gasteiger partial charge in [0.2, 0.25) is 5.91 Å². The minimum atomic E-state index is -1.49. The Bertz CT molecular complexity index is 556. The second-order valence-electron chi connectivity index (χ2n) is 5.35. The minimum Gasteiger partial charge on any atom is -0.319 e. The molecule has 1 rings (SSSR count). The Labute approximate surface area is 114 Å². The molecule has 110 valence electrons. The van der Waals surface area contributed by atoms with Crippen LogP contribution in [-0.2, 0) is 4.79 Å². The Kier molecular flexibility index (Phi) is 4.39. The Morgan fingerprint density at radius 3 is 2.40 bits per heavy atom. The average molecular weight is 287 g/mol. The van der Waals surface area contributed by atoms with Crippen LogP contribution >= 0.6 is 0 Å². The molecule has 0 aliphatic heterocycles. The number of hydrogen-bond donors (Lipinski definition) is 2. The third-order valence-electron chi connectivity index (χ3n) is 2.73. The molecular weight excluding hydrogens is 272 g/mol. The van der Waals surface area contributed by atoms with Crippen molar-refractivity contribution in [3.8, 4) is 0 Å². The van der Waals surface area contributed by atoms with E-state index < -0.39 is 45.3 Å². The maximum atomic E-state index is 13.6. The summed E-state index contributed by atoms with van der Waals surface area (Å²) in [5.41, 5.74) is 3.46. The molecular formula is C12H15F2N3O3. The van der Waals surface area contributed by atoms with Gasteiger partial charge in [-0.25, -0.2) is 8.78 Å². The predicted octanol–water partition coefficient (Wildman–Crippen LogP) is 2.18. The summed E-state index contributed by atoms with van der Waals surface area (Å²) in [4.78, 5) is 21.7. The molecule has 0 heterocycles. The minimum absolute atomic E-state index is 0.618. The van der Waals surface area contributed by atoms with Crippen molar-refractivity contribution in [3.63, 3.8) is 0 Å². The lowest BCUT2D eigenvalue weighted by molar-refractivity contribution is -0.384. The van der Waals surface area contributed by atoms with E-state index in [2.05, 4.69) is 0 Å². The smallest absolute Gasteiger partial charge is 0.296 e. The summed E-state index contributed by atoms with van der Waals surface area (Å²) in [5.74, 6) is -3.62. The molecule has 0 aliphatic carbocycles. The van der Waals surface area contributed by atoms with E-state index in [1.165, 1.54) is 0 Å². The van der Waals surface area contributed by atoms with Crippen molar-refractivity contribution in [3.05, 3.63) is 33.9 Å². The number of halogens is 2. The van der Waals surface area contributed by atoms with E-state index in [4.69, 9.17) is 5.73 Å². The molecule has 1 aromatic carbocycles. The Morgan fingerprint density at radius 2 is 1.95 bits per heavy atom. The molecule has 1 atom stereocenters. The van der Waals surface area contributed by atoms with Crippen LogP contribution in [0.4, 0.5) is 20.2 Å². The summed E-state index contributed by atoms with van der Waals surface area (Å²) < 4.78 is 26.7. The molecule has 0 aliphatic rings. The number of carbonyl (C=O) groups excluding carboxylic acids is 1. The van der Waals surface area contributed by atoms with Crippen LogP contribution in [-0.4, -0.2) is 16.9 Å². The van der Waals surface area contributed by atoms with E-state index in [-0.39, 0.29) is 0 Å². The Hall–Kier alpha value is -2.09. The SMILES string of the molecule is CC(C)(C)[C@@H](N)C(=O)Nc1c([N+](=O)[O-])ccc(F)c1F. The summed E-state index contributed by atoms with van der Waals surface area (Å²) >= 11 is 0. The summed E-state index contributed by atoms with van der Waals surface area (Å²) in [5, 5.41) is 12.8. The van der Waals surface area contributed by atoms with Crippen LogP contribution in [0.3, 0.4) is 0 Å². The lowest BCUT2D eigenvalue weighted by Crippen LogP contribution is -2.45. The summed E-state index contributed by atoms with van der Waals surface area (Å²) in [7, 11) is 0. The van der Waals surface area contributed by atoms with Gasteiger partial charge in [-0.05, 0) is 11.5 Å². The molecule has 3 N–H and O–H groups in total. The van der Waals surface area contributed by atoms with Crippen LogP contribution in [0.1, 0.15) is 20.8 Å². The molecule has 0 unspecified atom stereocenters. The molecule has 0 spiro atoms.